The third kappa shape index (κ3) is 6.73. The lowest BCUT2D eigenvalue weighted by atomic mass is 9.43. The van der Waals surface area contributed by atoms with Crippen LogP contribution < -0.4 is 20.6 Å². The van der Waals surface area contributed by atoms with Crippen LogP contribution in [0.3, 0.4) is 0 Å². The van der Waals surface area contributed by atoms with E-state index in [9.17, 15) is 0 Å². The van der Waals surface area contributed by atoms with Crippen molar-refractivity contribution in [3.63, 3.8) is 0 Å². The average Bonchev–Trinajstić information content (AvgIpc) is 3.83. The fourth-order valence-corrected chi connectivity index (χ4v) is 11.3. The van der Waals surface area contributed by atoms with Gasteiger partial charge in [-0.25, -0.2) is 0 Å². The normalized spacial score (nSPS) is 12.8. The molecule has 2 aliphatic heterocycles. The van der Waals surface area contributed by atoms with E-state index in [1.807, 2.05) is 6.26 Å². The molecule has 0 fully saturated rings. The van der Waals surface area contributed by atoms with Gasteiger partial charge in [-0.2, -0.15) is 0 Å². The van der Waals surface area contributed by atoms with Crippen LogP contribution in [0.5, 0.6) is 0 Å². The molecule has 0 atom stereocenters. The lowest BCUT2D eigenvalue weighted by Gasteiger charge is -2.46. The highest BCUT2D eigenvalue weighted by Crippen LogP contribution is 2.51. The maximum Gasteiger partial charge on any atom is 0.333 e. The van der Waals surface area contributed by atoms with Crippen molar-refractivity contribution < 1.29 is 4.42 Å². The van der Waals surface area contributed by atoms with Gasteiger partial charge in [0.25, 0.3) is 0 Å². The van der Waals surface area contributed by atoms with Crippen molar-refractivity contribution in [2.45, 2.75) is 53.9 Å². The van der Waals surface area contributed by atoms with Crippen LogP contribution in [-0.4, -0.2) is 6.85 Å². The molecule has 0 bridgehead atoms. The second-order valence-corrected chi connectivity index (χ2v) is 20.0. The molecule has 2 aliphatic rings. The molecule has 9 aromatic carbocycles. The van der Waals surface area contributed by atoms with Crippen LogP contribution in [0.2, 0.25) is 0 Å². The minimum absolute atomic E-state index is 0.0891. The van der Waals surface area contributed by atoms with Gasteiger partial charge in [0.15, 0.2) is 0 Å². The first-order valence-electron chi connectivity index (χ1n) is 23.9. The number of anilines is 5. The van der Waals surface area contributed by atoms with Gasteiger partial charge in [-0.05, 0) is 177 Å². The van der Waals surface area contributed by atoms with E-state index >= 15 is 0 Å². The quantitative estimate of drug-likeness (QED) is 0.155. The first-order valence-corrected chi connectivity index (χ1v) is 23.9. The summed E-state index contributed by atoms with van der Waals surface area (Å²) in [6.07, 6.45) is 1.87. The van der Waals surface area contributed by atoms with Gasteiger partial charge in [0, 0.05) is 45.0 Å². The summed E-state index contributed by atoms with van der Waals surface area (Å²) < 4.78 is 6.68. The molecule has 328 valence electrons. The number of rotatable bonds is 6. The molecule has 0 saturated carbocycles. The van der Waals surface area contributed by atoms with Crippen LogP contribution in [0.4, 0.5) is 28.4 Å². The largest absolute Gasteiger partial charge is 0.464 e. The van der Waals surface area contributed by atoms with Crippen molar-refractivity contribution in [3.05, 3.63) is 222 Å². The Bertz CT molecular complexity index is 3500. The predicted molar refractivity (Wildman–Crippen MR) is 289 cm³/mol. The van der Waals surface area contributed by atoms with Crippen molar-refractivity contribution in [1.29, 1.82) is 0 Å². The standard InChI is InChI=1S/C64H53BN2O/c1-40-16-14-17-41(2)59(40)46-24-28-52(29-25-46)67-56-31-26-47(60-42(3)18-15-19-43(60)4)37-54(56)61-62-58(38-48-32-33-68-63(48)61)66(57-39-51(64(5,6)7)27-30-55(57)65(62)67)53-35-49(44-20-10-8-11-21-44)34-50(36-53)45-22-12-9-13-23-45/h8-39H,1-7H3. The number of hydrogen-bond donors (Lipinski definition) is 0. The minimum Gasteiger partial charge on any atom is -0.464 e. The van der Waals surface area contributed by atoms with E-state index in [2.05, 4.69) is 246 Å². The van der Waals surface area contributed by atoms with Gasteiger partial charge in [0.05, 0.1) is 6.26 Å². The number of hydrogen-bond acceptors (Lipinski definition) is 3. The Morgan fingerprint density at radius 1 is 0.426 bits per heavy atom. The molecule has 3 heterocycles. The highest BCUT2D eigenvalue weighted by Gasteiger charge is 2.47. The predicted octanol–water partition coefficient (Wildman–Crippen LogP) is 16.3. The zero-order chi connectivity index (χ0) is 46.4. The SMILES string of the molecule is Cc1cccc(C)c1-c1ccc(N2B3c4ccc(C(C)(C)C)cc4N(c4cc(-c5ccccc5)cc(-c5ccccc5)c4)c4cc5ccoc5c(c43)-c3cc(-c4c(C)cccc4C)ccc32)cc1. The molecule has 4 heteroatoms. The minimum atomic E-state index is -0.176. The molecule has 3 nitrogen and oxygen atoms in total. The summed E-state index contributed by atoms with van der Waals surface area (Å²) >= 11 is 0. The van der Waals surface area contributed by atoms with E-state index in [0.29, 0.717) is 0 Å². The lowest BCUT2D eigenvalue weighted by Crippen LogP contribution is -2.61. The molecule has 0 unspecified atom stereocenters. The van der Waals surface area contributed by atoms with Crippen LogP contribution in [0.1, 0.15) is 48.6 Å². The third-order valence-electron chi connectivity index (χ3n) is 14.6. The Morgan fingerprint density at radius 3 is 1.62 bits per heavy atom. The second kappa shape index (κ2) is 15.9. The van der Waals surface area contributed by atoms with Crippen LogP contribution in [0.15, 0.2) is 199 Å². The maximum absolute atomic E-state index is 6.68. The average molecular weight is 877 g/mol. The van der Waals surface area contributed by atoms with Gasteiger partial charge < -0.3 is 14.1 Å². The first-order chi connectivity index (χ1) is 33.0. The van der Waals surface area contributed by atoms with E-state index in [-0.39, 0.29) is 12.3 Å². The molecule has 10 aromatic rings. The molecule has 1 aromatic heterocycles. The van der Waals surface area contributed by atoms with E-state index in [1.165, 1.54) is 88.9 Å². The number of nitrogens with zero attached hydrogens (tertiary/aromatic N) is 2. The van der Waals surface area contributed by atoms with Crippen molar-refractivity contribution >= 4 is 57.2 Å². The van der Waals surface area contributed by atoms with Gasteiger partial charge in [0.2, 0.25) is 0 Å². The summed E-state index contributed by atoms with van der Waals surface area (Å²) in [5.74, 6) is 0. The molecule has 0 aliphatic carbocycles. The van der Waals surface area contributed by atoms with E-state index < -0.39 is 0 Å². The smallest absolute Gasteiger partial charge is 0.333 e. The van der Waals surface area contributed by atoms with E-state index in [4.69, 9.17) is 4.42 Å². The molecule has 0 N–H and O–H groups in total. The fraction of sp³-hybridized carbons (Fsp3) is 0.125. The van der Waals surface area contributed by atoms with E-state index in [1.54, 1.807) is 0 Å². The first kappa shape index (κ1) is 41.6. The van der Waals surface area contributed by atoms with Gasteiger partial charge in [-0.3, -0.25) is 0 Å². The summed E-state index contributed by atoms with van der Waals surface area (Å²) in [6, 6.07) is 70.2. The number of furan rings is 1. The molecule has 0 spiro atoms. The molecule has 68 heavy (non-hydrogen) atoms. The zero-order valence-corrected chi connectivity index (χ0v) is 39.9. The summed E-state index contributed by atoms with van der Waals surface area (Å²) in [7, 11) is 0. The molecular formula is C64H53BN2O. The van der Waals surface area contributed by atoms with E-state index in [0.717, 1.165) is 44.8 Å². The van der Waals surface area contributed by atoms with Crippen molar-refractivity contribution in [2.24, 2.45) is 0 Å². The van der Waals surface area contributed by atoms with Crippen LogP contribution in [-0.2, 0) is 5.41 Å². The van der Waals surface area contributed by atoms with Crippen LogP contribution >= 0.6 is 0 Å². The zero-order valence-electron chi connectivity index (χ0n) is 39.9. The number of fused-ring (bicyclic) bond motifs is 6. The van der Waals surface area contributed by atoms with Crippen LogP contribution in [0.25, 0.3) is 66.6 Å². The highest BCUT2D eigenvalue weighted by molar-refractivity contribution is 6.94. The van der Waals surface area contributed by atoms with Gasteiger partial charge in [-0.15, -0.1) is 0 Å². The lowest BCUT2D eigenvalue weighted by molar-refractivity contribution is 0.590. The molecule has 0 saturated heterocycles. The van der Waals surface area contributed by atoms with Crippen molar-refractivity contribution in [3.8, 4) is 55.6 Å². The number of benzene rings is 9. The van der Waals surface area contributed by atoms with Crippen molar-refractivity contribution in [2.75, 3.05) is 9.71 Å². The Kier molecular flexibility index (Phi) is 9.74. The molecular weight excluding hydrogens is 824 g/mol. The summed E-state index contributed by atoms with van der Waals surface area (Å²) in [5, 5.41) is 1.08. The Morgan fingerprint density at radius 2 is 1.01 bits per heavy atom. The second-order valence-electron chi connectivity index (χ2n) is 20.0. The molecule has 12 rings (SSSR count). The summed E-state index contributed by atoms with van der Waals surface area (Å²) in [4.78, 5) is 5.18. The van der Waals surface area contributed by atoms with Gasteiger partial charge in [-0.1, -0.05) is 148 Å². The topological polar surface area (TPSA) is 19.6 Å². The maximum atomic E-state index is 6.68. The molecule has 0 radical (unpaired) electrons. The monoisotopic (exact) mass is 876 g/mol. The van der Waals surface area contributed by atoms with Gasteiger partial charge in [0.1, 0.15) is 5.58 Å². The molecule has 0 amide bonds. The highest BCUT2D eigenvalue weighted by atomic mass is 16.3. The third-order valence-corrected chi connectivity index (χ3v) is 14.6. The Labute approximate surface area is 401 Å². The summed E-state index contributed by atoms with van der Waals surface area (Å²) in [5.41, 5.74) is 27.4. The fourth-order valence-electron chi connectivity index (χ4n) is 11.3. The summed E-state index contributed by atoms with van der Waals surface area (Å²) in [6.45, 7) is 15.7. The van der Waals surface area contributed by atoms with Crippen molar-refractivity contribution in [1.82, 2.24) is 0 Å². The Balaban J connectivity index is 1.18. The number of aryl methyl sites for hydroxylation is 4. The van der Waals surface area contributed by atoms with Gasteiger partial charge >= 0.3 is 6.85 Å². The van der Waals surface area contributed by atoms with Crippen LogP contribution in [0, 0.1) is 27.7 Å². The Hall–Kier alpha value is -7.82.